The van der Waals surface area contributed by atoms with Gasteiger partial charge in [0.25, 0.3) is 10.0 Å². The van der Waals surface area contributed by atoms with Crippen LogP contribution in [0.5, 0.6) is 0 Å². The number of hydrogen-bond acceptors (Lipinski definition) is 3. The molecule has 2 rings (SSSR count). The molecule has 4 nitrogen and oxygen atoms in total. The fourth-order valence-electron chi connectivity index (χ4n) is 2.23. The van der Waals surface area contributed by atoms with E-state index in [4.69, 9.17) is 5.73 Å². The molecule has 0 saturated carbocycles. The molecule has 0 spiro atoms. The zero-order valence-electron chi connectivity index (χ0n) is 12.5. The van der Waals surface area contributed by atoms with Gasteiger partial charge in [0.2, 0.25) is 0 Å². The maximum atomic E-state index is 12.7. The van der Waals surface area contributed by atoms with Crippen LogP contribution in [0.15, 0.2) is 47.4 Å². The van der Waals surface area contributed by atoms with E-state index in [0.29, 0.717) is 16.3 Å². The maximum Gasteiger partial charge on any atom is 0.264 e. The summed E-state index contributed by atoms with van der Waals surface area (Å²) in [5.41, 5.74) is 8.87. The molecular formula is C16H20N2O2S. The van der Waals surface area contributed by atoms with Crippen molar-refractivity contribution in [2.75, 3.05) is 17.1 Å². The predicted molar refractivity (Wildman–Crippen MR) is 87.0 cm³/mol. The molecule has 112 valence electrons. The van der Waals surface area contributed by atoms with Crippen LogP contribution in [0.4, 0.5) is 11.4 Å². The van der Waals surface area contributed by atoms with Crippen molar-refractivity contribution in [3.05, 3.63) is 53.6 Å². The Kier molecular flexibility index (Phi) is 4.23. The fraction of sp³-hybridized carbons (Fsp3) is 0.250. The molecule has 0 heterocycles. The van der Waals surface area contributed by atoms with E-state index in [1.165, 1.54) is 4.31 Å². The van der Waals surface area contributed by atoms with Crippen LogP contribution in [-0.2, 0) is 16.4 Å². The highest BCUT2D eigenvalue weighted by molar-refractivity contribution is 7.92. The molecule has 2 aromatic rings. The normalized spacial score (nSPS) is 11.4. The van der Waals surface area contributed by atoms with Gasteiger partial charge in [0.05, 0.1) is 10.6 Å². The molecule has 0 aliphatic rings. The highest BCUT2D eigenvalue weighted by atomic mass is 32.2. The lowest BCUT2D eigenvalue weighted by Crippen LogP contribution is -2.27. The lowest BCUT2D eigenvalue weighted by molar-refractivity contribution is 0.594. The van der Waals surface area contributed by atoms with E-state index in [1.54, 1.807) is 44.3 Å². The number of nitrogens with zero attached hydrogens (tertiary/aromatic N) is 1. The molecule has 21 heavy (non-hydrogen) atoms. The van der Waals surface area contributed by atoms with E-state index in [9.17, 15) is 8.42 Å². The fourth-order valence-corrected chi connectivity index (χ4v) is 3.64. The Balaban J connectivity index is 2.46. The molecule has 2 aromatic carbocycles. The van der Waals surface area contributed by atoms with Crippen molar-refractivity contribution < 1.29 is 8.42 Å². The maximum absolute atomic E-state index is 12.7. The van der Waals surface area contributed by atoms with Crippen molar-refractivity contribution in [1.82, 2.24) is 0 Å². The smallest absolute Gasteiger partial charge is 0.264 e. The Morgan fingerprint density at radius 1 is 1.14 bits per heavy atom. The Hall–Kier alpha value is -2.01. The number of sulfonamides is 1. The number of aryl methyl sites for hydroxylation is 2. The third-order valence-corrected chi connectivity index (χ3v) is 5.55. The van der Waals surface area contributed by atoms with Gasteiger partial charge in [0.15, 0.2) is 0 Å². The summed E-state index contributed by atoms with van der Waals surface area (Å²) in [7, 11) is -2.04. The SMILES string of the molecule is CCc1ccc(N(C)S(=O)(=O)c2ccccc2C)cc1N. The van der Waals surface area contributed by atoms with Gasteiger partial charge in [0, 0.05) is 12.7 Å². The third-order valence-electron chi connectivity index (χ3n) is 3.61. The third kappa shape index (κ3) is 2.88. The first-order valence-electron chi connectivity index (χ1n) is 6.81. The van der Waals surface area contributed by atoms with Gasteiger partial charge < -0.3 is 5.73 Å². The van der Waals surface area contributed by atoms with Crippen LogP contribution in [0.1, 0.15) is 18.1 Å². The van der Waals surface area contributed by atoms with Crippen LogP contribution in [0.2, 0.25) is 0 Å². The van der Waals surface area contributed by atoms with Crippen LogP contribution in [0.25, 0.3) is 0 Å². The van der Waals surface area contributed by atoms with E-state index < -0.39 is 10.0 Å². The Morgan fingerprint density at radius 2 is 1.81 bits per heavy atom. The molecular weight excluding hydrogens is 284 g/mol. The first kappa shape index (κ1) is 15.4. The van der Waals surface area contributed by atoms with Gasteiger partial charge in [-0.05, 0) is 42.7 Å². The molecule has 5 heteroatoms. The second-order valence-corrected chi connectivity index (χ2v) is 6.91. The highest BCUT2D eigenvalue weighted by Crippen LogP contribution is 2.27. The summed E-state index contributed by atoms with van der Waals surface area (Å²) >= 11 is 0. The molecule has 0 aromatic heterocycles. The van der Waals surface area contributed by atoms with Crippen molar-refractivity contribution in [3.8, 4) is 0 Å². The zero-order chi connectivity index (χ0) is 15.6. The molecule has 0 bridgehead atoms. The second kappa shape index (κ2) is 5.77. The standard InChI is InChI=1S/C16H20N2O2S/c1-4-13-9-10-14(11-15(13)17)18(3)21(19,20)16-8-6-5-7-12(16)2/h5-11H,4,17H2,1-3H3. The van der Waals surface area contributed by atoms with E-state index in [1.807, 2.05) is 19.1 Å². The van der Waals surface area contributed by atoms with Crippen molar-refractivity contribution >= 4 is 21.4 Å². The molecule has 0 atom stereocenters. The van der Waals surface area contributed by atoms with Crippen LogP contribution in [0, 0.1) is 6.92 Å². The molecule has 0 aliphatic heterocycles. The van der Waals surface area contributed by atoms with Crippen molar-refractivity contribution in [3.63, 3.8) is 0 Å². The molecule has 0 radical (unpaired) electrons. The number of anilines is 2. The summed E-state index contributed by atoms with van der Waals surface area (Å²) in [6, 6.07) is 12.3. The average molecular weight is 304 g/mol. The highest BCUT2D eigenvalue weighted by Gasteiger charge is 2.23. The summed E-state index contributed by atoms with van der Waals surface area (Å²) in [6.07, 6.45) is 0.820. The lowest BCUT2D eigenvalue weighted by atomic mass is 10.1. The van der Waals surface area contributed by atoms with E-state index in [2.05, 4.69) is 0 Å². The van der Waals surface area contributed by atoms with Gasteiger partial charge >= 0.3 is 0 Å². The molecule has 0 unspecified atom stereocenters. The van der Waals surface area contributed by atoms with Gasteiger partial charge in [-0.1, -0.05) is 31.2 Å². The summed E-state index contributed by atoms with van der Waals surface area (Å²) in [4.78, 5) is 0.311. The molecule has 2 N–H and O–H groups in total. The van der Waals surface area contributed by atoms with Gasteiger partial charge in [-0.15, -0.1) is 0 Å². The molecule has 0 fully saturated rings. The Labute approximate surface area is 126 Å². The van der Waals surface area contributed by atoms with Crippen LogP contribution in [-0.4, -0.2) is 15.5 Å². The second-order valence-electron chi connectivity index (χ2n) is 4.97. The van der Waals surface area contributed by atoms with E-state index >= 15 is 0 Å². The van der Waals surface area contributed by atoms with Crippen LogP contribution >= 0.6 is 0 Å². The minimum atomic E-state index is -3.58. The number of rotatable bonds is 4. The number of nitrogen functional groups attached to an aromatic ring is 1. The number of nitrogens with two attached hydrogens (primary N) is 1. The number of hydrogen-bond donors (Lipinski definition) is 1. The van der Waals surface area contributed by atoms with Gasteiger partial charge in [-0.2, -0.15) is 0 Å². The number of benzene rings is 2. The molecule has 0 aliphatic carbocycles. The summed E-state index contributed by atoms with van der Waals surface area (Å²) in [5.74, 6) is 0. The minimum Gasteiger partial charge on any atom is -0.398 e. The van der Waals surface area contributed by atoms with Gasteiger partial charge in [0.1, 0.15) is 0 Å². The van der Waals surface area contributed by atoms with Gasteiger partial charge in [-0.25, -0.2) is 8.42 Å². The average Bonchev–Trinajstić information content (AvgIpc) is 2.46. The Bertz CT molecular complexity index is 755. The van der Waals surface area contributed by atoms with Crippen molar-refractivity contribution in [1.29, 1.82) is 0 Å². The monoisotopic (exact) mass is 304 g/mol. The molecule has 0 saturated heterocycles. The lowest BCUT2D eigenvalue weighted by Gasteiger charge is -2.21. The van der Waals surface area contributed by atoms with Crippen LogP contribution < -0.4 is 10.0 Å². The van der Waals surface area contributed by atoms with E-state index in [-0.39, 0.29) is 0 Å². The van der Waals surface area contributed by atoms with Crippen molar-refractivity contribution in [2.24, 2.45) is 0 Å². The summed E-state index contributed by atoms with van der Waals surface area (Å²) < 4.78 is 26.7. The molecule has 0 amide bonds. The predicted octanol–water partition coefficient (Wildman–Crippen LogP) is 2.96. The van der Waals surface area contributed by atoms with Gasteiger partial charge in [-0.3, -0.25) is 4.31 Å². The summed E-state index contributed by atoms with van der Waals surface area (Å²) in [6.45, 7) is 3.80. The minimum absolute atomic E-state index is 0.311. The first-order chi connectivity index (χ1) is 9.87. The van der Waals surface area contributed by atoms with E-state index in [0.717, 1.165) is 17.5 Å². The van der Waals surface area contributed by atoms with Crippen LogP contribution in [0.3, 0.4) is 0 Å². The quantitative estimate of drug-likeness (QED) is 0.883. The first-order valence-corrected chi connectivity index (χ1v) is 8.25. The largest absolute Gasteiger partial charge is 0.398 e. The van der Waals surface area contributed by atoms with Crippen molar-refractivity contribution in [2.45, 2.75) is 25.2 Å². The topological polar surface area (TPSA) is 63.4 Å². The Morgan fingerprint density at radius 3 is 2.38 bits per heavy atom. The summed E-state index contributed by atoms with van der Waals surface area (Å²) in [5, 5.41) is 0. The zero-order valence-corrected chi connectivity index (χ0v) is 13.3.